The van der Waals surface area contributed by atoms with E-state index >= 15 is 0 Å². The Bertz CT molecular complexity index is 672. The molecule has 2 fully saturated rings. The van der Waals surface area contributed by atoms with Gasteiger partial charge >= 0.3 is 0 Å². The van der Waals surface area contributed by atoms with Crippen LogP contribution in [-0.2, 0) is 0 Å². The number of aliphatic hydroxyl groups excluding tert-OH is 1. The number of aromatic nitrogens is 1. The summed E-state index contributed by atoms with van der Waals surface area (Å²) >= 11 is 0. The fraction of sp³-hybridized carbons (Fsp3) is 0.438. The van der Waals surface area contributed by atoms with Crippen molar-refractivity contribution in [3.63, 3.8) is 0 Å². The van der Waals surface area contributed by atoms with Crippen molar-refractivity contribution in [1.82, 2.24) is 10.3 Å². The maximum atomic E-state index is 12.2. The van der Waals surface area contributed by atoms with Gasteiger partial charge < -0.3 is 15.4 Å². The molecule has 2 atom stereocenters. The normalized spacial score (nSPS) is 25.4. The van der Waals surface area contributed by atoms with E-state index in [-0.39, 0.29) is 18.1 Å². The van der Waals surface area contributed by atoms with E-state index < -0.39 is 0 Å². The van der Waals surface area contributed by atoms with Crippen molar-refractivity contribution in [2.24, 2.45) is 0 Å². The number of aromatic amines is 1. The lowest BCUT2D eigenvalue weighted by molar-refractivity contribution is 0.0446. The Morgan fingerprint density at radius 3 is 2.75 bits per heavy atom. The van der Waals surface area contributed by atoms with E-state index in [2.05, 4.69) is 16.4 Å². The summed E-state index contributed by atoms with van der Waals surface area (Å²) in [5.41, 5.74) is 2.96. The van der Waals surface area contributed by atoms with Crippen molar-refractivity contribution in [3.05, 3.63) is 35.5 Å². The predicted octanol–water partition coefficient (Wildman–Crippen LogP) is 2.30. The number of hydrogen-bond donors (Lipinski definition) is 3. The molecular formula is C16H18N2O2. The first kappa shape index (κ1) is 12.0. The van der Waals surface area contributed by atoms with Crippen LogP contribution in [0, 0.1) is 0 Å². The van der Waals surface area contributed by atoms with Crippen LogP contribution >= 0.6 is 0 Å². The van der Waals surface area contributed by atoms with Gasteiger partial charge in [-0.1, -0.05) is 12.1 Å². The van der Waals surface area contributed by atoms with Crippen LogP contribution in [0.3, 0.4) is 0 Å². The number of hydrogen-bond acceptors (Lipinski definition) is 2. The molecule has 3 N–H and O–H groups in total. The molecule has 2 saturated carbocycles. The lowest BCUT2D eigenvalue weighted by atomic mass is 9.89. The predicted molar refractivity (Wildman–Crippen MR) is 76.8 cm³/mol. The standard InChI is InChI=1S/C16H18N2O2/c19-15-7-6-13(15)18-16(20)14-8-11-10(9-4-5-9)2-1-3-12(11)17-14/h1-3,8-9,13,15,17,19H,4-7H2,(H,18,20)/t13-,15+/m0/s1. The minimum Gasteiger partial charge on any atom is -0.391 e. The SMILES string of the molecule is O=C(N[C@H]1CC[C@H]1O)c1cc2c(C3CC3)cccc2[nH]1. The number of fused-ring (bicyclic) bond motifs is 1. The Balaban J connectivity index is 1.63. The number of rotatable bonds is 3. The van der Waals surface area contributed by atoms with Crippen LogP contribution < -0.4 is 5.32 Å². The first-order valence-corrected chi connectivity index (χ1v) is 7.33. The van der Waals surface area contributed by atoms with Gasteiger partial charge in [0.1, 0.15) is 5.69 Å². The van der Waals surface area contributed by atoms with E-state index in [1.165, 1.54) is 18.4 Å². The number of nitrogens with one attached hydrogen (secondary N) is 2. The number of aliphatic hydroxyl groups is 1. The molecule has 4 heteroatoms. The molecule has 20 heavy (non-hydrogen) atoms. The minimum atomic E-state index is -0.384. The molecule has 1 aromatic carbocycles. The van der Waals surface area contributed by atoms with Gasteiger partial charge in [-0.25, -0.2) is 0 Å². The number of H-pyrrole nitrogens is 1. The third kappa shape index (κ3) is 1.91. The van der Waals surface area contributed by atoms with E-state index in [4.69, 9.17) is 0 Å². The van der Waals surface area contributed by atoms with E-state index in [0.29, 0.717) is 11.6 Å². The van der Waals surface area contributed by atoms with Crippen molar-refractivity contribution in [1.29, 1.82) is 0 Å². The summed E-state index contributed by atoms with van der Waals surface area (Å²) in [5, 5.41) is 13.6. The maximum Gasteiger partial charge on any atom is 0.268 e. The molecule has 1 heterocycles. The Kier molecular flexibility index (Phi) is 2.60. The zero-order valence-corrected chi connectivity index (χ0v) is 11.2. The Morgan fingerprint density at radius 1 is 1.25 bits per heavy atom. The molecule has 0 aliphatic heterocycles. The van der Waals surface area contributed by atoms with E-state index in [0.717, 1.165) is 23.7 Å². The van der Waals surface area contributed by atoms with Gasteiger partial charge in [-0.3, -0.25) is 4.79 Å². The van der Waals surface area contributed by atoms with Crippen LogP contribution in [0.15, 0.2) is 24.3 Å². The van der Waals surface area contributed by atoms with Crippen LogP contribution in [-0.4, -0.2) is 28.1 Å². The first-order chi connectivity index (χ1) is 9.72. The van der Waals surface area contributed by atoms with Crippen molar-refractivity contribution in [2.75, 3.05) is 0 Å². The van der Waals surface area contributed by atoms with Gasteiger partial charge in [0, 0.05) is 10.9 Å². The van der Waals surface area contributed by atoms with Crippen molar-refractivity contribution in [2.45, 2.75) is 43.7 Å². The number of carbonyl (C=O) groups is 1. The molecule has 1 amide bonds. The fourth-order valence-electron chi connectivity index (χ4n) is 2.95. The highest BCUT2D eigenvalue weighted by molar-refractivity contribution is 5.99. The molecule has 0 unspecified atom stereocenters. The number of benzene rings is 1. The quantitative estimate of drug-likeness (QED) is 0.801. The summed E-state index contributed by atoms with van der Waals surface area (Å²) in [6.45, 7) is 0. The number of carbonyl (C=O) groups excluding carboxylic acids is 1. The van der Waals surface area contributed by atoms with Gasteiger partial charge in [0.25, 0.3) is 5.91 Å². The smallest absolute Gasteiger partial charge is 0.268 e. The molecule has 0 bridgehead atoms. The molecule has 2 aliphatic rings. The first-order valence-electron chi connectivity index (χ1n) is 7.33. The fourth-order valence-corrected chi connectivity index (χ4v) is 2.95. The highest BCUT2D eigenvalue weighted by Gasteiger charge is 2.31. The summed E-state index contributed by atoms with van der Waals surface area (Å²) < 4.78 is 0. The van der Waals surface area contributed by atoms with E-state index in [1.807, 2.05) is 18.2 Å². The summed E-state index contributed by atoms with van der Waals surface area (Å²) in [4.78, 5) is 15.4. The van der Waals surface area contributed by atoms with Crippen LogP contribution in [0.25, 0.3) is 10.9 Å². The van der Waals surface area contributed by atoms with Crippen molar-refractivity contribution >= 4 is 16.8 Å². The van der Waals surface area contributed by atoms with Gasteiger partial charge in [0.15, 0.2) is 0 Å². The highest BCUT2D eigenvalue weighted by Crippen LogP contribution is 2.43. The topological polar surface area (TPSA) is 65.1 Å². The largest absolute Gasteiger partial charge is 0.391 e. The van der Waals surface area contributed by atoms with E-state index in [1.54, 1.807) is 0 Å². The molecule has 2 aromatic rings. The van der Waals surface area contributed by atoms with Gasteiger partial charge in [0.2, 0.25) is 0 Å². The van der Waals surface area contributed by atoms with Crippen molar-refractivity contribution < 1.29 is 9.90 Å². The van der Waals surface area contributed by atoms with E-state index in [9.17, 15) is 9.90 Å². The second kappa shape index (κ2) is 4.35. The molecule has 0 spiro atoms. The third-order valence-electron chi connectivity index (χ3n) is 4.51. The molecule has 2 aliphatic carbocycles. The maximum absolute atomic E-state index is 12.2. The molecule has 0 radical (unpaired) electrons. The molecule has 4 rings (SSSR count). The summed E-state index contributed by atoms with van der Waals surface area (Å²) in [6, 6.07) is 8.08. The highest BCUT2D eigenvalue weighted by atomic mass is 16.3. The monoisotopic (exact) mass is 270 g/mol. The average Bonchev–Trinajstić information content (AvgIpc) is 3.20. The van der Waals surface area contributed by atoms with Gasteiger partial charge in [-0.15, -0.1) is 0 Å². The van der Waals surface area contributed by atoms with Crippen LogP contribution in [0.2, 0.25) is 0 Å². The minimum absolute atomic E-state index is 0.0863. The Labute approximate surface area is 117 Å². The van der Waals surface area contributed by atoms with Crippen LogP contribution in [0.1, 0.15) is 47.7 Å². The lowest BCUT2D eigenvalue weighted by Gasteiger charge is -2.32. The Morgan fingerprint density at radius 2 is 2.10 bits per heavy atom. The molecule has 104 valence electrons. The zero-order valence-electron chi connectivity index (χ0n) is 11.2. The third-order valence-corrected chi connectivity index (χ3v) is 4.51. The van der Waals surface area contributed by atoms with Crippen molar-refractivity contribution in [3.8, 4) is 0 Å². The summed E-state index contributed by atoms with van der Waals surface area (Å²) in [5.74, 6) is 0.547. The van der Waals surface area contributed by atoms with Crippen LogP contribution in [0.5, 0.6) is 0 Å². The average molecular weight is 270 g/mol. The Hall–Kier alpha value is -1.81. The molecule has 0 saturated heterocycles. The lowest BCUT2D eigenvalue weighted by Crippen LogP contribution is -2.50. The van der Waals surface area contributed by atoms with Crippen LogP contribution in [0.4, 0.5) is 0 Å². The zero-order chi connectivity index (χ0) is 13.7. The second-order valence-corrected chi connectivity index (χ2v) is 5.99. The molecule has 4 nitrogen and oxygen atoms in total. The summed E-state index contributed by atoms with van der Waals surface area (Å²) in [7, 11) is 0. The van der Waals surface area contributed by atoms with Gasteiger partial charge in [-0.05, 0) is 49.3 Å². The van der Waals surface area contributed by atoms with Gasteiger partial charge in [-0.2, -0.15) is 0 Å². The molecule has 1 aromatic heterocycles. The second-order valence-electron chi connectivity index (χ2n) is 5.99. The number of amides is 1. The molecular weight excluding hydrogens is 252 g/mol. The summed E-state index contributed by atoms with van der Waals surface area (Å²) in [6.07, 6.45) is 3.76. The van der Waals surface area contributed by atoms with Gasteiger partial charge in [0.05, 0.1) is 12.1 Å².